The topological polar surface area (TPSA) is 56.3 Å². The van der Waals surface area contributed by atoms with Gasteiger partial charge in [-0.1, -0.05) is 17.7 Å². The molecule has 1 aromatic heterocycles. The maximum Gasteiger partial charge on any atom is 0.308 e. The Hall–Kier alpha value is -1.37. The molecule has 0 fully saturated rings. The van der Waals surface area contributed by atoms with Gasteiger partial charge in [-0.2, -0.15) is 12.0 Å². The summed E-state index contributed by atoms with van der Waals surface area (Å²) in [6.45, 7) is 1.89. The second kappa shape index (κ2) is 5.51. The van der Waals surface area contributed by atoms with E-state index < -0.39 is 10.1 Å². The Morgan fingerprint density at radius 3 is 2.28 bits per heavy atom. The summed E-state index contributed by atoms with van der Waals surface area (Å²) < 4.78 is 28.6. The molecule has 0 aliphatic rings. The molecule has 0 spiro atoms. The SMILES string of the molecule is Cc1ccc(S(=O)(=O)OSc2ccncc2)cc1. The molecule has 0 unspecified atom stereocenters. The zero-order chi connectivity index (χ0) is 13.0. The molecule has 0 N–H and O–H groups in total. The van der Waals surface area contributed by atoms with Crippen LogP contribution in [0.25, 0.3) is 0 Å². The van der Waals surface area contributed by atoms with Crippen LogP contribution in [0.3, 0.4) is 0 Å². The molecule has 1 heterocycles. The normalized spacial score (nSPS) is 11.4. The van der Waals surface area contributed by atoms with Crippen LogP contribution in [0.2, 0.25) is 0 Å². The van der Waals surface area contributed by atoms with E-state index in [9.17, 15) is 8.42 Å². The van der Waals surface area contributed by atoms with E-state index in [0.717, 1.165) is 17.6 Å². The molecule has 18 heavy (non-hydrogen) atoms. The second-order valence-corrected chi connectivity index (χ2v) is 6.16. The summed E-state index contributed by atoms with van der Waals surface area (Å²) in [5.74, 6) is 0. The van der Waals surface area contributed by atoms with Gasteiger partial charge in [-0.05, 0) is 31.2 Å². The number of aryl methyl sites for hydroxylation is 1. The van der Waals surface area contributed by atoms with E-state index in [1.807, 2.05) is 6.92 Å². The van der Waals surface area contributed by atoms with Crippen LogP contribution in [0.1, 0.15) is 5.56 Å². The number of nitrogens with zero attached hydrogens (tertiary/aromatic N) is 1. The maximum absolute atomic E-state index is 11.9. The first-order valence-electron chi connectivity index (χ1n) is 5.16. The highest BCUT2D eigenvalue weighted by Crippen LogP contribution is 2.24. The molecule has 0 radical (unpaired) electrons. The fraction of sp³-hybridized carbons (Fsp3) is 0.0833. The van der Waals surface area contributed by atoms with Crippen molar-refractivity contribution in [2.75, 3.05) is 0 Å². The molecule has 0 amide bonds. The van der Waals surface area contributed by atoms with Crippen molar-refractivity contribution in [3.8, 4) is 0 Å². The Kier molecular flexibility index (Phi) is 4.00. The number of rotatable bonds is 4. The smallest absolute Gasteiger partial charge is 0.265 e. The minimum absolute atomic E-state index is 0.148. The predicted molar refractivity (Wildman–Crippen MR) is 69.5 cm³/mol. The van der Waals surface area contributed by atoms with Crippen LogP contribution >= 0.6 is 12.0 Å². The lowest BCUT2D eigenvalue weighted by atomic mass is 10.2. The molecule has 6 heteroatoms. The molecule has 0 atom stereocenters. The summed E-state index contributed by atoms with van der Waals surface area (Å²) in [4.78, 5) is 4.67. The van der Waals surface area contributed by atoms with Crippen LogP contribution in [0.5, 0.6) is 0 Å². The van der Waals surface area contributed by atoms with Gasteiger partial charge in [0.25, 0.3) is 0 Å². The fourth-order valence-electron chi connectivity index (χ4n) is 1.22. The average Bonchev–Trinajstić information content (AvgIpc) is 2.38. The van der Waals surface area contributed by atoms with Gasteiger partial charge in [-0.3, -0.25) is 4.98 Å². The first kappa shape index (κ1) is 13.1. The Morgan fingerprint density at radius 2 is 1.67 bits per heavy atom. The lowest BCUT2D eigenvalue weighted by Crippen LogP contribution is -2.01. The molecular weight excluding hydrogens is 270 g/mol. The van der Waals surface area contributed by atoms with Gasteiger partial charge in [-0.25, -0.2) is 0 Å². The molecule has 0 aliphatic heterocycles. The summed E-state index contributed by atoms with van der Waals surface area (Å²) in [5.41, 5.74) is 0.996. The highest BCUT2D eigenvalue weighted by Gasteiger charge is 2.15. The van der Waals surface area contributed by atoms with Gasteiger partial charge in [0, 0.05) is 17.3 Å². The van der Waals surface area contributed by atoms with E-state index >= 15 is 0 Å². The highest BCUT2D eigenvalue weighted by molar-refractivity contribution is 8.04. The van der Waals surface area contributed by atoms with Crippen LogP contribution in [0.15, 0.2) is 58.6 Å². The van der Waals surface area contributed by atoms with Gasteiger partial charge in [0.05, 0.1) is 16.9 Å². The molecule has 4 nitrogen and oxygen atoms in total. The summed E-state index contributed by atoms with van der Waals surface area (Å²) in [7, 11) is -3.73. The molecule has 0 saturated heterocycles. The van der Waals surface area contributed by atoms with Gasteiger partial charge in [0.2, 0.25) is 0 Å². The fourth-order valence-corrected chi connectivity index (χ4v) is 2.91. The molecule has 2 aromatic rings. The van der Waals surface area contributed by atoms with E-state index in [4.69, 9.17) is 3.63 Å². The van der Waals surface area contributed by atoms with E-state index in [2.05, 4.69) is 4.98 Å². The number of aromatic nitrogens is 1. The quantitative estimate of drug-likeness (QED) is 0.807. The van der Waals surface area contributed by atoms with Crippen LogP contribution < -0.4 is 0 Å². The highest BCUT2D eigenvalue weighted by atomic mass is 32.3. The van der Waals surface area contributed by atoms with Gasteiger partial charge < -0.3 is 0 Å². The summed E-state index contributed by atoms with van der Waals surface area (Å²) in [6, 6.07) is 9.86. The number of hydrogen-bond donors (Lipinski definition) is 0. The molecule has 2 rings (SSSR count). The van der Waals surface area contributed by atoms with Crippen molar-refractivity contribution >= 4 is 22.2 Å². The zero-order valence-electron chi connectivity index (χ0n) is 9.61. The molecule has 0 bridgehead atoms. The van der Waals surface area contributed by atoms with E-state index in [-0.39, 0.29) is 4.90 Å². The van der Waals surface area contributed by atoms with Crippen LogP contribution in [0.4, 0.5) is 0 Å². The second-order valence-electron chi connectivity index (χ2n) is 3.60. The van der Waals surface area contributed by atoms with E-state index in [0.29, 0.717) is 4.90 Å². The Labute approximate surface area is 110 Å². The Balaban J connectivity index is 2.11. The zero-order valence-corrected chi connectivity index (χ0v) is 11.2. The molecule has 94 valence electrons. The molecule has 0 saturated carbocycles. The molecule has 1 aromatic carbocycles. The van der Waals surface area contributed by atoms with Crippen LogP contribution in [-0.4, -0.2) is 13.4 Å². The standard InChI is InChI=1S/C12H11NO3S2/c1-10-2-4-12(5-3-10)18(14,15)16-17-11-6-8-13-9-7-11/h2-9H,1H3. The van der Waals surface area contributed by atoms with Crippen molar-refractivity contribution in [3.63, 3.8) is 0 Å². The number of benzene rings is 1. The van der Waals surface area contributed by atoms with Gasteiger partial charge in [0.15, 0.2) is 0 Å². The van der Waals surface area contributed by atoms with Gasteiger partial charge in [-0.15, -0.1) is 0 Å². The summed E-state index contributed by atoms with van der Waals surface area (Å²) in [5, 5.41) is 0. The van der Waals surface area contributed by atoms with Gasteiger partial charge >= 0.3 is 10.1 Å². The monoisotopic (exact) mass is 281 g/mol. The third-order valence-corrected chi connectivity index (χ3v) is 4.48. The molecular formula is C12H11NO3S2. The minimum atomic E-state index is -3.73. The largest absolute Gasteiger partial charge is 0.308 e. The third kappa shape index (κ3) is 3.32. The Bertz CT molecular complexity index is 610. The van der Waals surface area contributed by atoms with Crippen molar-refractivity contribution in [2.45, 2.75) is 16.7 Å². The van der Waals surface area contributed by atoms with Crippen LogP contribution in [-0.2, 0) is 13.7 Å². The van der Waals surface area contributed by atoms with Crippen molar-refractivity contribution in [3.05, 3.63) is 54.4 Å². The van der Waals surface area contributed by atoms with Crippen molar-refractivity contribution in [1.82, 2.24) is 4.98 Å². The first-order chi connectivity index (χ1) is 8.58. The Morgan fingerprint density at radius 1 is 1.06 bits per heavy atom. The summed E-state index contributed by atoms with van der Waals surface area (Å²) in [6.07, 6.45) is 3.15. The third-order valence-electron chi connectivity index (χ3n) is 2.18. The van der Waals surface area contributed by atoms with Crippen LogP contribution in [0, 0.1) is 6.92 Å². The van der Waals surface area contributed by atoms with E-state index in [1.54, 1.807) is 36.7 Å². The van der Waals surface area contributed by atoms with E-state index in [1.165, 1.54) is 12.1 Å². The lowest BCUT2D eigenvalue weighted by Gasteiger charge is -2.04. The molecule has 0 aliphatic carbocycles. The lowest BCUT2D eigenvalue weighted by molar-refractivity contribution is 0.518. The van der Waals surface area contributed by atoms with Gasteiger partial charge in [0.1, 0.15) is 0 Å². The first-order valence-corrected chi connectivity index (χ1v) is 7.31. The van der Waals surface area contributed by atoms with Crippen molar-refractivity contribution < 1.29 is 12.0 Å². The number of pyridine rings is 1. The van der Waals surface area contributed by atoms with Crippen molar-refractivity contribution in [2.24, 2.45) is 0 Å². The minimum Gasteiger partial charge on any atom is -0.265 e. The van der Waals surface area contributed by atoms with Crippen molar-refractivity contribution in [1.29, 1.82) is 0 Å². The maximum atomic E-state index is 11.9. The summed E-state index contributed by atoms with van der Waals surface area (Å²) >= 11 is 0.798. The average molecular weight is 281 g/mol. The number of hydrogen-bond acceptors (Lipinski definition) is 5. The predicted octanol–water partition coefficient (Wildman–Crippen LogP) is 2.80.